The average molecular weight is 301 g/mol. The van der Waals surface area contributed by atoms with Crippen LogP contribution in [0.1, 0.15) is 25.5 Å². The lowest BCUT2D eigenvalue weighted by Crippen LogP contribution is -2.21. The molecule has 1 nitrogen and oxygen atoms in total. The average Bonchev–Trinajstić information content (AvgIpc) is 2.13. The van der Waals surface area contributed by atoms with E-state index >= 15 is 0 Å². The fraction of sp³-hybridized carbons (Fsp3) is 0.333. The topological polar surface area (TPSA) is 12.0 Å². The van der Waals surface area contributed by atoms with E-state index in [1.165, 1.54) is 9.13 Å². The predicted octanol–water partition coefficient (Wildman–Crippen LogP) is 3.52. The fourth-order valence-corrected chi connectivity index (χ4v) is 2.03. The van der Waals surface area contributed by atoms with Gasteiger partial charge in [0, 0.05) is 3.57 Å². The number of benzene rings is 1. The molecule has 1 aromatic rings. The Kier molecular flexibility index (Phi) is 4.62. The molecular weight excluding hydrogens is 285 g/mol. The summed E-state index contributed by atoms with van der Waals surface area (Å²) in [7, 11) is 0. The zero-order valence-electron chi connectivity index (χ0n) is 8.68. The summed E-state index contributed by atoms with van der Waals surface area (Å²) in [6.45, 7) is 9.15. The Morgan fingerprint density at radius 1 is 1.57 bits per heavy atom. The summed E-state index contributed by atoms with van der Waals surface area (Å²) >= 11 is 2.33. The summed E-state index contributed by atoms with van der Waals surface area (Å²) in [4.78, 5) is 0. The molecule has 14 heavy (non-hydrogen) atoms. The molecule has 2 heteroatoms. The molecule has 0 aliphatic rings. The Bertz CT molecular complexity index is 320. The summed E-state index contributed by atoms with van der Waals surface area (Å²) in [5.74, 6) is 0. The lowest BCUT2D eigenvalue weighted by atomic mass is 10.0. The summed E-state index contributed by atoms with van der Waals surface area (Å²) in [5.41, 5.74) is 2.46. The van der Waals surface area contributed by atoms with Crippen molar-refractivity contribution < 1.29 is 0 Å². The van der Waals surface area contributed by atoms with Gasteiger partial charge in [-0.1, -0.05) is 31.2 Å². The zero-order chi connectivity index (χ0) is 10.6. The van der Waals surface area contributed by atoms with E-state index in [0.29, 0.717) is 0 Å². The van der Waals surface area contributed by atoms with Crippen LogP contribution < -0.4 is 5.32 Å². The molecule has 1 rings (SSSR count). The standard InChI is InChI=1S/C12H16IN/c1-4-14-12(9(2)3)10-6-5-7-11(13)8-10/h5-8,12,14H,2,4H2,1,3H3. The van der Waals surface area contributed by atoms with Crippen LogP contribution in [0.3, 0.4) is 0 Å². The van der Waals surface area contributed by atoms with Crippen LogP contribution in [0, 0.1) is 3.57 Å². The van der Waals surface area contributed by atoms with Crippen molar-refractivity contribution in [3.63, 3.8) is 0 Å². The number of hydrogen-bond acceptors (Lipinski definition) is 1. The molecular formula is C12H16IN. The highest BCUT2D eigenvalue weighted by molar-refractivity contribution is 14.1. The maximum atomic E-state index is 4.02. The molecule has 0 aliphatic carbocycles. The number of halogens is 1. The van der Waals surface area contributed by atoms with Gasteiger partial charge in [0.05, 0.1) is 6.04 Å². The second-order valence-electron chi connectivity index (χ2n) is 3.39. The molecule has 0 saturated carbocycles. The van der Waals surface area contributed by atoms with E-state index in [1.807, 2.05) is 0 Å². The minimum Gasteiger partial charge on any atom is -0.307 e. The second kappa shape index (κ2) is 5.51. The van der Waals surface area contributed by atoms with Gasteiger partial charge in [0.2, 0.25) is 0 Å². The van der Waals surface area contributed by atoms with E-state index in [2.05, 4.69) is 72.6 Å². The highest BCUT2D eigenvalue weighted by Crippen LogP contribution is 2.21. The van der Waals surface area contributed by atoms with E-state index in [4.69, 9.17) is 0 Å². The van der Waals surface area contributed by atoms with E-state index in [1.54, 1.807) is 0 Å². The monoisotopic (exact) mass is 301 g/mol. The normalized spacial score (nSPS) is 12.5. The van der Waals surface area contributed by atoms with Gasteiger partial charge in [-0.3, -0.25) is 0 Å². The summed E-state index contributed by atoms with van der Waals surface area (Å²) in [6, 6.07) is 8.82. The van der Waals surface area contributed by atoms with Crippen molar-refractivity contribution in [2.45, 2.75) is 19.9 Å². The lowest BCUT2D eigenvalue weighted by Gasteiger charge is -2.18. The van der Waals surface area contributed by atoms with Crippen LogP contribution in [0.15, 0.2) is 36.4 Å². The van der Waals surface area contributed by atoms with Crippen molar-refractivity contribution in [3.05, 3.63) is 45.6 Å². The van der Waals surface area contributed by atoms with E-state index in [9.17, 15) is 0 Å². The van der Waals surface area contributed by atoms with Gasteiger partial charge >= 0.3 is 0 Å². The molecule has 0 fully saturated rings. The van der Waals surface area contributed by atoms with Crippen LogP contribution in [0.4, 0.5) is 0 Å². The van der Waals surface area contributed by atoms with Gasteiger partial charge in [-0.05, 0) is 53.8 Å². The van der Waals surface area contributed by atoms with Gasteiger partial charge in [-0.25, -0.2) is 0 Å². The molecule has 1 aromatic carbocycles. The summed E-state index contributed by atoms with van der Waals surface area (Å²) in [5, 5.41) is 3.42. The van der Waals surface area contributed by atoms with Crippen molar-refractivity contribution in [1.29, 1.82) is 0 Å². The van der Waals surface area contributed by atoms with E-state index in [0.717, 1.165) is 12.1 Å². The predicted molar refractivity (Wildman–Crippen MR) is 70.4 cm³/mol. The molecule has 1 unspecified atom stereocenters. The Morgan fingerprint density at radius 3 is 2.79 bits per heavy atom. The van der Waals surface area contributed by atoms with Crippen molar-refractivity contribution in [3.8, 4) is 0 Å². The first-order valence-corrected chi connectivity index (χ1v) is 5.87. The molecule has 0 aromatic heterocycles. The van der Waals surface area contributed by atoms with Crippen molar-refractivity contribution in [2.75, 3.05) is 6.54 Å². The maximum absolute atomic E-state index is 4.02. The molecule has 0 amide bonds. The van der Waals surface area contributed by atoms with Crippen LogP contribution in [-0.2, 0) is 0 Å². The third kappa shape index (κ3) is 3.10. The van der Waals surface area contributed by atoms with E-state index < -0.39 is 0 Å². The van der Waals surface area contributed by atoms with Gasteiger partial charge in [-0.15, -0.1) is 0 Å². The van der Waals surface area contributed by atoms with Crippen LogP contribution in [-0.4, -0.2) is 6.54 Å². The van der Waals surface area contributed by atoms with Crippen LogP contribution in [0.2, 0.25) is 0 Å². The zero-order valence-corrected chi connectivity index (χ0v) is 10.8. The summed E-state index contributed by atoms with van der Waals surface area (Å²) in [6.07, 6.45) is 0. The fourth-order valence-electron chi connectivity index (χ4n) is 1.47. The molecule has 1 atom stereocenters. The van der Waals surface area contributed by atoms with Crippen LogP contribution in [0.25, 0.3) is 0 Å². The first-order chi connectivity index (χ1) is 6.65. The Labute approximate surface area is 99.7 Å². The Hall–Kier alpha value is -0.350. The van der Waals surface area contributed by atoms with Gasteiger partial charge < -0.3 is 5.32 Å². The minimum absolute atomic E-state index is 0.287. The Morgan fingerprint density at radius 2 is 2.29 bits per heavy atom. The van der Waals surface area contributed by atoms with Crippen molar-refractivity contribution >= 4 is 22.6 Å². The van der Waals surface area contributed by atoms with Crippen molar-refractivity contribution in [2.24, 2.45) is 0 Å². The number of rotatable bonds is 4. The van der Waals surface area contributed by atoms with Crippen LogP contribution in [0.5, 0.6) is 0 Å². The SMILES string of the molecule is C=C(C)C(NCC)c1cccc(I)c1. The molecule has 0 radical (unpaired) electrons. The molecule has 1 N–H and O–H groups in total. The molecule has 0 bridgehead atoms. The quantitative estimate of drug-likeness (QED) is 0.663. The van der Waals surface area contributed by atoms with E-state index in [-0.39, 0.29) is 6.04 Å². The molecule has 0 aliphatic heterocycles. The van der Waals surface area contributed by atoms with Gasteiger partial charge in [0.15, 0.2) is 0 Å². The van der Waals surface area contributed by atoms with Crippen molar-refractivity contribution in [1.82, 2.24) is 5.32 Å². The summed E-state index contributed by atoms with van der Waals surface area (Å²) < 4.78 is 1.27. The highest BCUT2D eigenvalue weighted by Gasteiger charge is 2.10. The molecule has 0 spiro atoms. The first-order valence-electron chi connectivity index (χ1n) is 4.79. The van der Waals surface area contributed by atoms with Gasteiger partial charge in [0.1, 0.15) is 0 Å². The minimum atomic E-state index is 0.287. The lowest BCUT2D eigenvalue weighted by molar-refractivity contribution is 0.621. The van der Waals surface area contributed by atoms with Crippen LogP contribution >= 0.6 is 22.6 Å². The first kappa shape index (κ1) is 11.7. The Balaban J connectivity index is 2.93. The number of hydrogen-bond donors (Lipinski definition) is 1. The van der Waals surface area contributed by atoms with Gasteiger partial charge in [0.25, 0.3) is 0 Å². The highest BCUT2D eigenvalue weighted by atomic mass is 127. The molecule has 76 valence electrons. The third-order valence-electron chi connectivity index (χ3n) is 2.08. The smallest absolute Gasteiger partial charge is 0.0531 e. The maximum Gasteiger partial charge on any atom is 0.0531 e. The second-order valence-corrected chi connectivity index (χ2v) is 4.64. The number of likely N-dealkylation sites (N-methyl/N-ethyl adjacent to an activating group) is 1. The largest absolute Gasteiger partial charge is 0.307 e. The molecule has 0 heterocycles. The third-order valence-corrected chi connectivity index (χ3v) is 2.75. The molecule has 0 saturated heterocycles. The number of nitrogens with one attached hydrogen (secondary N) is 1. The van der Waals surface area contributed by atoms with Gasteiger partial charge in [-0.2, -0.15) is 0 Å².